The van der Waals surface area contributed by atoms with Crippen molar-refractivity contribution in [2.24, 2.45) is 0 Å². The predicted molar refractivity (Wildman–Crippen MR) is 81.4 cm³/mol. The van der Waals surface area contributed by atoms with Crippen molar-refractivity contribution >= 4 is 11.8 Å². The van der Waals surface area contributed by atoms with E-state index in [1.807, 2.05) is 0 Å². The van der Waals surface area contributed by atoms with Crippen LogP contribution in [-0.4, -0.2) is 36.3 Å². The topological polar surface area (TPSA) is 49.4 Å². The van der Waals surface area contributed by atoms with E-state index in [2.05, 4.69) is 12.2 Å². The minimum atomic E-state index is -0.441. The Labute approximate surface area is 123 Å². The van der Waals surface area contributed by atoms with Gasteiger partial charge in [0.1, 0.15) is 0 Å². The highest BCUT2D eigenvalue weighted by molar-refractivity contribution is 6.35. The summed E-state index contributed by atoms with van der Waals surface area (Å²) >= 11 is 0. The summed E-state index contributed by atoms with van der Waals surface area (Å²) in [4.78, 5) is 24.4. The lowest BCUT2D eigenvalue weighted by Crippen LogP contribution is -2.52. The molecule has 0 aliphatic carbocycles. The second kappa shape index (κ2) is 10.7. The second-order valence-electron chi connectivity index (χ2n) is 5.73. The molecule has 2 amide bonds. The van der Waals surface area contributed by atoms with Gasteiger partial charge >= 0.3 is 11.8 Å². The van der Waals surface area contributed by atoms with E-state index in [0.717, 1.165) is 13.0 Å². The van der Waals surface area contributed by atoms with Crippen LogP contribution in [-0.2, 0) is 9.59 Å². The number of carbonyl (C=O) groups excluding carboxylic acids is 2. The zero-order valence-electron chi connectivity index (χ0n) is 13.0. The van der Waals surface area contributed by atoms with Crippen LogP contribution < -0.4 is 5.32 Å². The standard InChI is InChI=1S/C16H30N2O2/c1-2-3-4-5-6-7-8-9-10-11-13-18-14-12-17-15(19)16(18)20/h2-14H2,1H3,(H,17,19). The lowest BCUT2D eigenvalue weighted by molar-refractivity contribution is -0.148. The summed E-state index contributed by atoms with van der Waals surface area (Å²) in [6.07, 6.45) is 12.9. The van der Waals surface area contributed by atoms with Crippen molar-refractivity contribution < 1.29 is 9.59 Å². The van der Waals surface area contributed by atoms with Gasteiger partial charge in [-0.25, -0.2) is 0 Å². The van der Waals surface area contributed by atoms with Crippen LogP contribution in [0.5, 0.6) is 0 Å². The molecule has 1 N–H and O–H groups in total. The van der Waals surface area contributed by atoms with E-state index in [1.54, 1.807) is 4.90 Å². The molecule has 1 saturated heterocycles. The zero-order chi connectivity index (χ0) is 14.6. The molecule has 0 aromatic carbocycles. The third-order valence-electron chi connectivity index (χ3n) is 3.93. The van der Waals surface area contributed by atoms with Crippen LogP contribution in [0.25, 0.3) is 0 Å². The number of nitrogens with one attached hydrogen (secondary N) is 1. The molecule has 4 heteroatoms. The van der Waals surface area contributed by atoms with Crippen LogP contribution in [0.4, 0.5) is 0 Å². The molecule has 1 rings (SSSR count). The summed E-state index contributed by atoms with van der Waals surface area (Å²) in [5.74, 6) is -0.796. The van der Waals surface area contributed by atoms with Gasteiger partial charge in [0.25, 0.3) is 0 Å². The van der Waals surface area contributed by atoms with E-state index >= 15 is 0 Å². The highest BCUT2D eigenvalue weighted by Gasteiger charge is 2.24. The first-order chi connectivity index (χ1) is 9.75. The molecule has 0 unspecified atom stereocenters. The van der Waals surface area contributed by atoms with Crippen molar-refractivity contribution in [1.29, 1.82) is 0 Å². The first kappa shape index (κ1) is 17.0. The van der Waals surface area contributed by atoms with Crippen molar-refractivity contribution in [3.63, 3.8) is 0 Å². The van der Waals surface area contributed by atoms with E-state index in [1.165, 1.54) is 57.8 Å². The summed E-state index contributed by atoms with van der Waals surface area (Å²) < 4.78 is 0. The molecule has 20 heavy (non-hydrogen) atoms. The van der Waals surface area contributed by atoms with Gasteiger partial charge in [0, 0.05) is 19.6 Å². The van der Waals surface area contributed by atoms with Crippen LogP contribution in [0.3, 0.4) is 0 Å². The van der Waals surface area contributed by atoms with E-state index in [9.17, 15) is 9.59 Å². The van der Waals surface area contributed by atoms with Gasteiger partial charge in [0.2, 0.25) is 0 Å². The maximum Gasteiger partial charge on any atom is 0.311 e. The fraction of sp³-hybridized carbons (Fsp3) is 0.875. The van der Waals surface area contributed by atoms with Crippen LogP contribution in [0, 0.1) is 0 Å². The van der Waals surface area contributed by atoms with Crippen molar-refractivity contribution in [2.75, 3.05) is 19.6 Å². The Bertz CT molecular complexity index is 292. The SMILES string of the molecule is CCCCCCCCCCCCN1CCNC(=O)C1=O. The van der Waals surface area contributed by atoms with Gasteiger partial charge in [-0.05, 0) is 6.42 Å². The third-order valence-corrected chi connectivity index (χ3v) is 3.93. The average Bonchev–Trinajstić information content (AvgIpc) is 2.45. The molecule has 0 aromatic rings. The zero-order valence-corrected chi connectivity index (χ0v) is 13.0. The highest BCUT2D eigenvalue weighted by Crippen LogP contribution is 2.11. The van der Waals surface area contributed by atoms with Gasteiger partial charge in [0.15, 0.2) is 0 Å². The first-order valence-electron chi connectivity index (χ1n) is 8.32. The van der Waals surface area contributed by atoms with Gasteiger partial charge in [0.05, 0.1) is 0 Å². The number of nitrogens with zero attached hydrogens (tertiary/aromatic N) is 1. The summed E-state index contributed by atoms with van der Waals surface area (Å²) in [5, 5.41) is 2.57. The van der Waals surface area contributed by atoms with Crippen molar-refractivity contribution in [3.05, 3.63) is 0 Å². The molecular formula is C16H30N2O2. The molecule has 0 bridgehead atoms. The maximum atomic E-state index is 11.5. The summed E-state index contributed by atoms with van der Waals surface area (Å²) in [7, 11) is 0. The molecule has 0 atom stereocenters. The highest BCUT2D eigenvalue weighted by atomic mass is 16.2. The summed E-state index contributed by atoms with van der Waals surface area (Å²) in [5.41, 5.74) is 0. The van der Waals surface area contributed by atoms with Crippen molar-refractivity contribution in [2.45, 2.75) is 71.1 Å². The Hall–Kier alpha value is -1.06. The largest absolute Gasteiger partial charge is 0.346 e. The third kappa shape index (κ3) is 6.92. The molecule has 1 fully saturated rings. The van der Waals surface area contributed by atoms with E-state index in [4.69, 9.17) is 0 Å². The van der Waals surface area contributed by atoms with Crippen LogP contribution in [0.2, 0.25) is 0 Å². The molecule has 0 saturated carbocycles. The number of rotatable bonds is 11. The van der Waals surface area contributed by atoms with Crippen LogP contribution in [0.15, 0.2) is 0 Å². The minimum Gasteiger partial charge on any atom is -0.346 e. The van der Waals surface area contributed by atoms with E-state index in [-0.39, 0.29) is 5.91 Å². The summed E-state index contributed by atoms with van der Waals surface area (Å²) in [6, 6.07) is 0. The number of hydrogen-bond acceptors (Lipinski definition) is 2. The lowest BCUT2D eigenvalue weighted by Gasteiger charge is -2.26. The molecule has 1 heterocycles. The molecule has 1 aliphatic rings. The molecular weight excluding hydrogens is 252 g/mol. The average molecular weight is 282 g/mol. The fourth-order valence-corrected chi connectivity index (χ4v) is 2.63. The predicted octanol–water partition coefficient (Wildman–Crippen LogP) is 2.87. The number of piperazine rings is 1. The smallest absolute Gasteiger partial charge is 0.311 e. The monoisotopic (exact) mass is 282 g/mol. The van der Waals surface area contributed by atoms with E-state index < -0.39 is 5.91 Å². The number of amides is 2. The Morgan fingerprint density at radius 3 is 2.05 bits per heavy atom. The molecule has 4 nitrogen and oxygen atoms in total. The van der Waals surface area contributed by atoms with Crippen molar-refractivity contribution in [1.82, 2.24) is 10.2 Å². The second-order valence-corrected chi connectivity index (χ2v) is 5.73. The Balaban J connectivity index is 1.89. The van der Waals surface area contributed by atoms with Gasteiger partial charge in [-0.1, -0.05) is 64.7 Å². The normalized spacial score (nSPS) is 15.6. The number of hydrogen-bond donors (Lipinski definition) is 1. The van der Waals surface area contributed by atoms with Gasteiger partial charge in [-0.15, -0.1) is 0 Å². The van der Waals surface area contributed by atoms with Crippen LogP contribution in [0.1, 0.15) is 71.1 Å². The quantitative estimate of drug-likeness (QED) is 0.468. The molecule has 1 aliphatic heterocycles. The van der Waals surface area contributed by atoms with Crippen molar-refractivity contribution in [3.8, 4) is 0 Å². The Morgan fingerprint density at radius 2 is 1.45 bits per heavy atom. The van der Waals surface area contributed by atoms with Gasteiger partial charge in [-0.2, -0.15) is 0 Å². The number of carbonyl (C=O) groups is 2. The lowest BCUT2D eigenvalue weighted by atomic mass is 10.1. The Morgan fingerprint density at radius 1 is 0.900 bits per heavy atom. The van der Waals surface area contributed by atoms with Crippen LogP contribution >= 0.6 is 0 Å². The number of unbranched alkanes of at least 4 members (excludes halogenated alkanes) is 9. The minimum absolute atomic E-state index is 0.354. The molecule has 0 radical (unpaired) electrons. The van der Waals surface area contributed by atoms with Gasteiger partial charge in [-0.3, -0.25) is 9.59 Å². The Kier molecular flexibility index (Phi) is 9.09. The maximum absolute atomic E-state index is 11.5. The first-order valence-corrected chi connectivity index (χ1v) is 8.32. The van der Waals surface area contributed by atoms with Gasteiger partial charge < -0.3 is 10.2 Å². The summed E-state index contributed by atoms with van der Waals surface area (Å²) in [6.45, 7) is 4.25. The van der Waals surface area contributed by atoms with E-state index in [0.29, 0.717) is 13.1 Å². The fourth-order valence-electron chi connectivity index (χ4n) is 2.63. The molecule has 0 aromatic heterocycles. The molecule has 0 spiro atoms. The molecule has 116 valence electrons.